The summed E-state index contributed by atoms with van der Waals surface area (Å²) >= 11 is 0. The van der Waals surface area contributed by atoms with Crippen LogP contribution >= 0.6 is 0 Å². The standard InChI is InChI=1S/C20H17FO2/c1-22-15-11-12-19(23-2)17(13-15)20-16(9-6-10-18(20)21)14-7-4-3-5-8-14/h3-13H,1-2H3/i3D,4D,5D,7D,8D. The van der Waals surface area contributed by atoms with Crippen molar-refractivity contribution in [1.29, 1.82) is 0 Å². The first-order valence-electron chi connectivity index (χ1n) is 9.40. The molecule has 0 aromatic heterocycles. The fourth-order valence-electron chi connectivity index (χ4n) is 2.40. The van der Waals surface area contributed by atoms with Crippen molar-refractivity contribution < 1.29 is 20.7 Å². The quantitative estimate of drug-likeness (QED) is 0.661. The Morgan fingerprint density at radius 2 is 1.70 bits per heavy atom. The van der Waals surface area contributed by atoms with Crippen molar-refractivity contribution in [2.75, 3.05) is 14.2 Å². The summed E-state index contributed by atoms with van der Waals surface area (Å²) in [5, 5.41) is 0. The number of rotatable bonds is 4. The van der Waals surface area contributed by atoms with E-state index >= 15 is 0 Å². The molecule has 0 spiro atoms. The van der Waals surface area contributed by atoms with Gasteiger partial charge < -0.3 is 9.47 Å². The van der Waals surface area contributed by atoms with E-state index in [9.17, 15) is 4.39 Å². The van der Waals surface area contributed by atoms with Crippen molar-refractivity contribution in [1.82, 2.24) is 0 Å². The molecule has 0 radical (unpaired) electrons. The summed E-state index contributed by atoms with van der Waals surface area (Å²) in [6, 6.07) is 6.78. The third kappa shape index (κ3) is 2.90. The largest absolute Gasteiger partial charge is 0.497 e. The van der Waals surface area contributed by atoms with E-state index in [4.69, 9.17) is 16.3 Å². The van der Waals surface area contributed by atoms with Gasteiger partial charge >= 0.3 is 0 Å². The molecule has 0 unspecified atom stereocenters. The zero-order valence-electron chi connectivity index (χ0n) is 17.7. The fourth-order valence-corrected chi connectivity index (χ4v) is 2.40. The molecule has 2 nitrogen and oxygen atoms in total. The van der Waals surface area contributed by atoms with Crippen LogP contribution in [0.3, 0.4) is 0 Å². The normalized spacial score (nSPS) is 13.4. The molecule has 0 bridgehead atoms. The Bertz CT molecular complexity index is 1040. The third-order valence-corrected chi connectivity index (χ3v) is 3.46. The second-order valence-corrected chi connectivity index (χ2v) is 4.73. The van der Waals surface area contributed by atoms with E-state index < -0.39 is 36.0 Å². The average Bonchev–Trinajstić information content (AvgIpc) is 2.70. The van der Waals surface area contributed by atoms with Gasteiger partial charge in [0.15, 0.2) is 0 Å². The molecular formula is C20H17FO2. The molecule has 0 saturated carbocycles. The molecule has 116 valence electrons. The van der Waals surface area contributed by atoms with Crippen LogP contribution in [0.2, 0.25) is 0 Å². The number of methoxy groups -OCH3 is 2. The van der Waals surface area contributed by atoms with Crippen LogP contribution in [0, 0.1) is 5.82 Å². The highest BCUT2D eigenvalue weighted by Crippen LogP contribution is 2.40. The maximum Gasteiger partial charge on any atom is 0.131 e. The van der Waals surface area contributed by atoms with Gasteiger partial charge in [-0.25, -0.2) is 4.39 Å². The van der Waals surface area contributed by atoms with Crippen molar-refractivity contribution >= 4 is 0 Å². The molecule has 0 amide bonds. The first-order chi connectivity index (χ1) is 13.3. The minimum atomic E-state index is -0.615. The Morgan fingerprint density at radius 1 is 0.913 bits per heavy atom. The summed E-state index contributed by atoms with van der Waals surface area (Å²) in [6.07, 6.45) is 0. The second kappa shape index (κ2) is 6.53. The van der Waals surface area contributed by atoms with E-state index in [2.05, 4.69) is 0 Å². The molecule has 0 atom stereocenters. The fraction of sp³-hybridized carbons (Fsp3) is 0.100. The van der Waals surface area contributed by atoms with Crippen LogP contribution in [0.5, 0.6) is 11.5 Å². The van der Waals surface area contributed by atoms with Gasteiger partial charge in [-0.1, -0.05) is 42.3 Å². The van der Waals surface area contributed by atoms with Crippen molar-refractivity contribution in [3.8, 4) is 33.8 Å². The van der Waals surface area contributed by atoms with Crippen LogP contribution in [-0.2, 0) is 0 Å². The number of ether oxygens (including phenoxy) is 2. The Kier molecular flexibility index (Phi) is 2.85. The van der Waals surface area contributed by atoms with Gasteiger partial charge in [0.05, 0.1) is 21.1 Å². The summed E-state index contributed by atoms with van der Waals surface area (Å²) in [5.74, 6) is 0.210. The summed E-state index contributed by atoms with van der Waals surface area (Å²) in [5.41, 5.74) is 0.507. The summed E-state index contributed by atoms with van der Waals surface area (Å²) in [4.78, 5) is 0. The maximum absolute atomic E-state index is 15.0. The van der Waals surface area contributed by atoms with Crippen molar-refractivity contribution in [3.05, 3.63) is 72.4 Å². The molecule has 3 aromatic rings. The van der Waals surface area contributed by atoms with E-state index in [1.54, 1.807) is 18.2 Å². The molecule has 0 N–H and O–H groups in total. The lowest BCUT2D eigenvalue weighted by molar-refractivity contribution is 0.404. The van der Waals surface area contributed by atoms with Crippen molar-refractivity contribution in [2.45, 2.75) is 0 Å². The van der Waals surface area contributed by atoms with Gasteiger partial charge in [-0.3, -0.25) is 0 Å². The molecule has 3 heteroatoms. The van der Waals surface area contributed by atoms with Crippen LogP contribution in [0.25, 0.3) is 22.3 Å². The van der Waals surface area contributed by atoms with E-state index in [1.807, 2.05) is 0 Å². The van der Waals surface area contributed by atoms with Crippen LogP contribution < -0.4 is 9.47 Å². The summed E-state index contributed by atoms with van der Waals surface area (Å²) in [6.45, 7) is 0. The maximum atomic E-state index is 15.0. The molecular weight excluding hydrogens is 291 g/mol. The first kappa shape index (κ1) is 10.1. The number of hydrogen-bond acceptors (Lipinski definition) is 2. The van der Waals surface area contributed by atoms with Gasteiger partial charge in [0.1, 0.15) is 17.3 Å². The highest BCUT2D eigenvalue weighted by atomic mass is 19.1. The molecule has 0 aliphatic heterocycles. The monoisotopic (exact) mass is 313 g/mol. The number of halogens is 1. The topological polar surface area (TPSA) is 18.5 Å². The highest BCUT2D eigenvalue weighted by Gasteiger charge is 2.17. The Hall–Kier alpha value is -2.81. The van der Waals surface area contributed by atoms with E-state index in [1.165, 1.54) is 32.4 Å². The molecule has 0 fully saturated rings. The van der Waals surface area contributed by atoms with Gasteiger partial charge in [0, 0.05) is 11.1 Å². The minimum Gasteiger partial charge on any atom is -0.497 e. The molecule has 0 aliphatic rings. The Morgan fingerprint density at radius 3 is 2.39 bits per heavy atom. The van der Waals surface area contributed by atoms with E-state index in [0.717, 1.165) is 0 Å². The van der Waals surface area contributed by atoms with Gasteiger partial charge in [0.25, 0.3) is 0 Å². The lowest BCUT2D eigenvalue weighted by Gasteiger charge is -2.15. The highest BCUT2D eigenvalue weighted by molar-refractivity contribution is 5.87. The van der Waals surface area contributed by atoms with Crippen LogP contribution in [-0.4, -0.2) is 14.2 Å². The molecule has 0 heterocycles. The van der Waals surface area contributed by atoms with Gasteiger partial charge in [-0.2, -0.15) is 0 Å². The lowest BCUT2D eigenvalue weighted by Crippen LogP contribution is -1.95. The molecule has 3 aromatic carbocycles. The predicted molar refractivity (Wildman–Crippen MR) is 90.4 cm³/mol. The third-order valence-electron chi connectivity index (χ3n) is 3.46. The van der Waals surface area contributed by atoms with E-state index in [0.29, 0.717) is 17.1 Å². The zero-order chi connectivity index (χ0) is 20.6. The summed E-state index contributed by atoms with van der Waals surface area (Å²) < 4.78 is 65.6. The predicted octanol–water partition coefficient (Wildman–Crippen LogP) is 5.18. The summed E-state index contributed by atoms with van der Waals surface area (Å²) in [7, 11) is 2.92. The van der Waals surface area contributed by atoms with Crippen molar-refractivity contribution in [3.63, 3.8) is 0 Å². The SMILES string of the molecule is [2H]c1c([2H])c([2H])c(-c2cccc(F)c2-c2cc(OC)ccc2OC)c([2H])c1[2H]. The molecule has 0 saturated heterocycles. The average molecular weight is 313 g/mol. The van der Waals surface area contributed by atoms with E-state index in [-0.39, 0.29) is 16.7 Å². The molecule has 0 aliphatic carbocycles. The molecule has 3 rings (SSSR count). The Labute approximate surface area is 142 Å². The second-order valence-electron chi connectivity index (χ2n) is 4.73. The van der Waals surface area contributed by atoms with Crippen LogP contribution in [0.1, 0.15) is 6.85 Å². The number of benzene rings is 3. The van der Waals surface area contributed by atoms with Gasteiger partial charge in [-0.15, -0.1) is 0 Å². The minimum absolute atomic E-state index is 0.0665. The smallest absolute Gasteiger partial charge is 0.131 e. The lowest BCUT2D eigenvalue weighted by atomic mass is 9.93. The molecule has 23 heavy (non-hydrogen) atoms. The Balaban J connectivity index is 2.43. The first-order valence-corrected chi connectivity index (χ1v) is 6.90. The van der Waals surface area contributed by atoms with Crippen molar-refractivity contribution in [2.24, 2.45) is 0 Å². The van der Waals surface area contributed by atoms with Gasteiger partial charge in [0.2, 0.25) is 0 Å². The van der Waals surface area contributed by atoms with Crippen LogP contribution in [0.15, 0.2) is 66.6 Å². The zero-order valence-corrected chi connectivity index (χ0v) is 12.7. The van der Waals surface area contributed by atoms with Crippen LogP contribution in [0.4, 0.5) is 4.39 Å². The van der Waals surface area contributed by atoms with Gasteiger partial charge in [-0.05, 0) is 35.4 Å². The number of hydrogen-bond donors (Lipinski definition) is 0.